The highest BCUT2D eigenvalue weighted by atomic mass is 16.5. The molecule has 10 aromatic rings. The van der Waals surface area contributed by atoms with Crippen molar-refractivity contribution < 1.29 is 4.74 Å². The van der Waals surface area contributed by atoms with Gasteiger partial charge in [0.1, 0.15) is 11.5 Å². The first-order valence-corrected chi connectivity index (χ1v) is 19.0. The van der Waals surface area contributed by atoms with Crippen molar-refractivity contribution in [1.29, 1.82) is 0 Å². The first-order chi connectivity index (χ1) is 27.8. The molecule has 0 saturated heterocycles. The molecule has 1 spiro atoms. The van der Waals surface area contributed by atoms with E-state index in [2.05, 4.69) is 158 Å². The number of aromatic nitrogens is 3. The Morgan fingerprint density at radius 1 is 0.357 bits per heavy atom. The number of benzene rings is 9. The van der Waals surface area contributed by atoms with Gasteiger partial charge in [-0.05, 0) is 66.7 Å². The van der Waals surface area contributed by atoms with Crippen LogP contribution < -0.4 is 4.74 Å². The normalized spacial score (nSPS) is 15.0. The standard InChI is InChI=1S/C52H31N3O/c1-2-16-33(17-3-1)49-53-50(55-51(54-49)40-25-14-18-32-15-4-5-19-35(32)40)34-29-30-44-46(31-34)56-45-28-13-12-27-43(45)52(44)42-26-11-10-24-41(42)47-38-22-8-6-20-36(38)37-21-7-9-23-39(37)48(47)52/h1-31H. The summed E-state index contributed by atoms with van der Waals surface area (Å²) in [6.07, 6.45) is 0. The summed E-state index contributed by atoms with van der Waals surface area (Å²) in [5, 5.41) is 7.24. The zero-order valence-corrected chi connectivity index (χ0v) is 30.1. The molecule has 1 unspecified atom stereocenters. The Hall–Kier alpha value is -7.43. The fraction of sp³-hybridized carbons (Fsp3) is 0.0192. The maximum Gasteiger partial charge on any atom is 0.164 e. The van der Waals surface area contributed by atoms with Crippen molar-refractivity contribution in [2.75, 3.05) is 0 Å². The number of nitrogens with zero attached hydrogens (tertiary/aromatic N) is 3. The SMILES string of the molecule is c1ccc(-c2nc(-c3ccc4c(c3)Oc3ccccc3C43c4ccccc4-c4c3c3ccccc3c3ccccc43)nc(-c3cccc4ccccc34)n2)cc1. The zero-order chi connectivity index (χ0) is 36.8. The van der Waals surface area contributed by atoms with Gasteiger partial charge in [-0.25, -0.2) is 15.0 Å². The van der Waals surface area contributed by atoms with Gasteiger partial charge in [-0.15, -0.1) is 0 Å². The van der Waals surface area contributed by atoms with E-state index in [0.29, 0.717) is 17.5 Å². The Morgan fingerprint density at radius 3 is 1.77 bits per heavy atom. The summed E-state index contributed by atoms with van der Waals surface area (Å²) in [5.41, 5.74) is 9.42. The molecule has 12 rings (SSSR count). The minimum absolute atomic E-state index is 0.588. The fourth-order valence-electron chi connectivity index (χ4n) is 9.48. The Kier molecular flexibility index (Phi) is 6.52. The van der Waals surface area contributed by atoms with Gasteiger partial charge in [-0.2, -0.15) is 0 Å². The lowest BCUT2D eigenvalue weighted by Crippen LogP contribution is -2.32. The maximum absolute atomic E-state index is 6.97. The van der Waals surface area contributed by atoms with Crippen LogP contribution in [0.4, 0.5) is 0 Å². The second-order valence-corrected chi connectivity index (χ2v) is 14.6. The van der Waals surface area contributed by atoms with Crippen molar-refractivity contribution in [1.82, 2.24) is 15.0 Å². The number of hydrogen-bond donors (Lipinski definition) is 0. The lowest BCUT2D eigenvalue weighted by atomic mass is 9.65. The highest BCUT2D eigenvalue weighted by Crippen LogP contribution is 2.65. The van der Waals surface area contributed by atoms with Gasteiger partial charge >= 0.3 is 0 Å². The van der Waals surface area contributed by atoms with Gasteiger partial charge < -0.3 is 4.74 Å². The van der Waals surface area contributed by atoms with E-state index in [-0.39, 0.29) is 0 Å². The van der Waals surface area contributed by atoms with Gasteiger partial charge in [-0.3, -0.25) is 0 Å². The predicted molar refractivity (Wildman–Crippen MR) is 226 cm³/mol. The number of para-hydroxylation sites is 1. The molecule has 4 heteroatoms. The van der Waals surface area contributed by atoms with Gasteiger partial charge in [0, 0.05) is 27.8 Å². The van der Waals surface area contributed by atoms with E-state index >= 15 is 0 Å². The van der Waals surface area contributed by atoms with Crippen LogP contribution in [0.25, 0.3) is 77.6 Å². The molecule has 2 heterocycles. The predicted octanol–water partition coefficient (Wildman–Crippen LogP) is 12.8. The first-order valence-electron chi connectivity index (χ1n) is 19.0. The molecule has 56 heavy (non-hydrogen) atoms. The van der Waals surface area contributed by atoms with Crippen LogP contribution in [0.5, 0.6) is 11.5 Å². The van der Waals surface area contributed by atoms with Crippen molar-refractivity contribution in [2.45, 2.75) is 5.41 Å². The van der Waals surface area contributed by atoms with Crippen molar-refractivity contribution in [3.05, 3.63) is 210 Å². The minimum atomic E-state index is -0.638. The highest BCUT2D eigenvalue weighted by Gasteiger charge is 2.52. The van der Waals surface area contributed by atoms with E-state index in [0.717, 1.165) is 50.1 Å². The van der Waals surface area contributed by atoms with E-state index in [1.54, 1.807) is 0 Å². The number of hydrogen-bond acceptors (Lipinski definition) is 4. The molecule has 260 valence electrons. The second kappa shape index (κ2) is 11.8. The largest absolute Gasteiger partial charge is 0.457 e. The van der Waals surface area contributed by atoms with Crippen LogP contribution in [0.2, 0.25) is 0 Å². The molecule has 4 nitrogen and oxygen atoms in total. The van der Waals surface area contributed by atoms with Gasteiger partial charge in [0.2, 0.25) is 0 Å². The number of rotatable bonds is 3. The molecule has 0 amide bonds. The smallest absolute Gasteiger partial charge is 0.164 e. The number of ether oxygens (including phenoxy) is 1. The lowest BCUT2D eigenvalue weighted by molar-refractivity contribution is 0.437. The highest BCUT2D eigenvalue weighted by molar-refractivity contribution is 6.19. The summed E-state index contributed by atoms with van der Waals surface area (Å²) >= 11 is 0. The van der Waals surface area contributed by atoms with E-state index in [9.17, 15) is 0 Å². The first kappa shape index (κ1) is 31.0. The van der Waals surface area contributed by atoms with Gasteiger partial charge in [0.15, 0.2) is 17.5 Å². The van der Waals surface area contributed by atoms with Gasteiger partial charge in [0.05, 0.1) is 5.41 Å². The summed E-state index contributed by atoms with van der Waals surface area (Å²) in [6, 6.07) is 66.6. The van der Waals surface area contributed by atoms with Crippen LogP contribution >= 0.6 is 0 Å². The topological polar surface area (TPSA) is 47.9 Å². The lowest BCUT2D eigenvalue weighted by Gasteiger charge is -2.40. The molecule has 1 aromatic heterocycles. The molecular weight excluding hydrogens is 683 g/mol. The molecular formula is C52H31N3O. The van der Waals surface area contributed by atoms with Crippen LogP contribution in [0.15, 0.2) is 188 Å². The Morgan fingerprint density at radius 2 is 0.929 bits per heavy atom. The number of fused-ring (bicyclic) bond motifs is 15. The van der Waals surface area contributed by atoms with Crippen LogP contribution in [0.3, 0.4) is 0 Å². The molecule has 0 fully saturated rings. The van der Waals surface area contributed by atoms with E-state index < -0.39 is 5.41 Å². The van der Waals surface area contributed by atoms with Crippen LogP contribution in [0, 0.1) is 0 Å². The van der Waals surface area contributed by atoms with Crippen molar-refractivity contribution >= 4 is 32.3 Å². The quantitative estimate of drug-likeness (QED) is 0.171. The summed E-state index contributed by atoms with van der Waals surface area (Å²) < 4.78 is 6.97. The van der Waals surface area contributed by atoms with E-state index in [1.165, 1.54) is 43.8 Å². The van der Waals surface area contributed by atoms with Crippen LogP contribution in [-0.2, 0) is 5.41 Å². The maximum atomic E-state index is 6.97. The Bertz CT molecular complexity index is 3240. The average Bonchev–Trinajstić information content (AvgIpc) is 3.58. The summed E-state index contributed by atoms with van der Waals surface area (Å²) in [7, 11) is 0. The molecule has 0 N–H and O–H groups in total. The Labute approximate surface area is 323 Å². The zero-order valence-electron chi connectivity index (χ0n) is 30.1. The summed E-state index contributed by atoms with van der Waals surface area (Å²) in [6.45, 7) is 0. The molecule has 9 aromatic carbocycles. The third-order valence-corrected chi connectivity index (χ3v) is 11.8. The monoisotopic (exact) mass is 713 g/mol. The van der Waals surface area contributed by atoms with Crippen molar-refractivity contribution in [2.24, 2.45) is 0 Å². The van der Waals surface area contributed by atoms with E-state index in [4.69, 9.17) is 19.7 Å². The third kappa shape index (κ3) is 4.27. The molecule has 1 aliphatic heterocycles. The summed E-state index contributed by atoms with van der Waals surface area (Å²) in [4.78, 5) is 15.4. The van der Waals surface area contributed by atoms with Crippen LogP contribution in [0.1, 0.15) is 22.3 Å². The summed E-state index contributed by atoms with van der Waals surface area (Å²) in [5.74, 6) is 3.47. The van der Waals surface area contributed by atoms with Gasteiger partial charge in [0.25, 0.3) is 0 Å². The molecule has 1 atom stereocenters. The molecule has 0 radical (unpaired) electrons. The molecule has 0 saturated carbocycles. The molecule has 2 aliphatic rings. The Balaban J connectivity index is 1.15. The average molecular weight is 714 g/mol. The van der Waals surface area contributed by atoms with E-state index in [1.807, 2.05) is 30.3 Å². The van der Waals surface area contributed by atoms with Crippen molar-refractivity contribution in [3.63, 3.8) is 0 Å². The molecule has 0 bridgehead atoms. The van der Waals surface area contributed by atoms with Crippen molar-refractivity contribution in [3.8, 4) is 56.8 Å². The third-order valence-electron chi connectivity index (χ3n) is 11.8. The van der Waals surface area contributed by atoms with Crippen LogP contribution in [-0.4, -0.2) is 15.0 Å². The fourth-order valence-corrected chi connectivity index (χ4v) is 9.48. The second-order valence-electron chi connectivity index (χ2n) is 14.6. The molecule has 1 aliphatic carbocycles. The van der Waals surface area contributed by atoms with Gasteiger partial charge in [-0.1, -0.05) is 176 Å². The minimum Gasteiger partial charge on any atom is -0.457 e.